The molecule has 3 N–H and O–H groups in total. The van der Waals surface area contributed by atoms with Crippen LogP contribution in [0.15, 0.2) is 30.3 Å². The molecular weight excluding hydrogens is 354 g/mol. The zero-order valence-corrected chi connectivity index (χ0v) is 15.4. The number of benzene rings is 1. The molecule has 1 saturated heterocycles. The number of cyclic esters (lactones) is 1. The van der Waals surface area contributed by atoms with Gasteiger partial charge in [-0.25, -0.2) is 9.59 Å². The Morgan fingerprint density at radius 3 is 2.70 bits per heavy atom. The molecule has 4 atom stereocenters. The highest BCUT2D eigenvalue weighted by atomic mass is 16.6. The monoisotopic (exact) mass is 381 g/mol. The van der Waals surface area contributed by atoms with Crippen molar-refractivity contribution in [2.45, 2.75) is 38.0 Å². The molecule has 1 amide bonds. The molecule has 0 aliphatic carbocycles. The van der Waals surface area contributed by atoms with Crippen LogP contribution in [0.2, 0.25) is 0 Å². The fraction of sp³-hybridized carbons (Fsp3) is 0.579. The van der Waals surface area contributed by atoms with Crippen LogP contribution < -0.4 is 5.32 Å². The van der Waals surface area contributed by atoms with Gasteiger partial charge in [-0.2, -0.15) is 0 Å². The number of carbonyl (C=O) groups is 2. The Labute approximate surface area is 158 Å². The Bertz CT molecular complexity index is 595. The van der Waals surface area contributed by atoms with Crippen LogP contribution in [0, 0.1) is 5.92 Å². The van der Waals surface area contributed by atoms with Gasteiger partial charge in [-0.1, -0.05) is 30.3 Å². The minimum absolute atomic E-state index is 0.00530. The van der Waals surface area contributed by atoms with Gasteiger partial charge in [0.15, 0.2) is 6.04 Å². The highest BCUT2D eigenvalue weighted by Gasteiger charge is 2.35. The van der Waals surface area contributed by atoms with Crippen molar-refractivity contribution in [1.82, 2.24) is 5.32 Å². The van der Waals surface area contributed by atoms with Gasteiger partial charge in [0.25, 0.3) is 0 Å². The first kappa shape index (κ1) is 21.1. The fourth-order valence-corrected chi connectivity index (χ4v) is 3.11. The molecule has 0 radical (unpaired) electrons. The van der Waals surface area contributed by atoms with Gasteiger partial charge in [0, 0.05) is 19.1 Å². The summed E-state index contributed by atoms with van der Waals surface area (Å²) in [5.74, 6) is -0.793. The molecule has 1 heterocycles. The molecule has 1 aliphatic rings. The van der Waals surface area contributed by atoms with Gasteiger partial charge in [0.2, 0.25) is 0 Å². The van der Waals surface area contributed by atoms with Crippen LogP contribution in [0.5, 0.6) is 0 Å². The standard InChI is InChI=1S/C19H27NO7/c1-13-17(26-9-5-8-21)15(10-14-6-3-2-4-7-14)11-25-12-16(18(22)27-13)20-19(23)24/h2-4,6-7,13,15-17,20-21H,5,8-12H2,1H3,(H,23,24)/t13-,15-,16-,17-/m0/s1. The molecular formula is C19H27NO7. The first-order valence-corrected chi connectivity index (χ1v) is 9.05. The van der Waals surface area contributed by atoms with E-state index in [9.17, 15) is 9.59 Å². The van der Waals surface area contributed by atoms with Crippen molar-refractivity contribution in [3.63, 3.8) is 0 Å². The Morgan fingerprint density at radius 1 is 1.30 bits per heavy atom. The van der Waals surface area contributed by atoms with Crippen molar-refractivity contribution in [1.29, 1.82) is 0 Å². The number of aliphatic hydroxyl groups excluding tert-OH is 1. The van der Waals surface area contributed by atoms with Gasteiger partial charge < -0.3 is 29.7 Å². The maximum Gasteiger partial charge on any atom is 0.405 e. The van der Waals surface area contributed by atoms with E-state index in [0.29, 0.717) is 19.4 Å². The number of rotatable bonds is 7. The Morgan fingerprint density at radius 2 is 2.04 bits per heavy atom. The molecule has 1 aromatic carbocycles. The van der Waals surface area contributed by atoms with E-state index in [1.165, 1.54) is 0 Å². The van der Waals surface area contributed by atoms with E-state index in [4.69, 9.17) is 24.4 Å². The summed E-state index contributed by atoms with van der Waals surface area (Å²) in [6, 6.07) is 8.75. The second-order valence-electron chi connectivity index (χ2n) is 6.54. The molecule has 0 bridgehead atoms. The maximum atomic E-state index is 12.3. The van der Waals surface area contributed by atoms with Crippen molar-refractivity contribution in [2.24, 2.45) is 5.92 Å². The summed E-state index contributed by atoms with van der Waals surface area (Å²) in [6.07, 6.45) is -1.22. The van der Waals surface area contributed by atoms with Crippen LogP contribution in [0.3, 0.4) is 0 Å². The predicted molar refractivity (Wildman–Crippen MR) is 96.4 cm³/mol. The van der Waals surface area contributed by atoms with Crippen LogP contribution in [-0.2, 0) is 25.4 Å². The van der Waals surface area contributed by atoms with Crippen LogP contribution in [0.25, 0.3) is 0 Å². The minimum Gasteiger partial charge on any atom is -0.465 e. The number of esters is 1. The Balaban J connectivity index is 2.16. The van der Waals surface area contributed by atoms with Gasteiger partial charge in [-0.05, 0) is 25.3 Å². The van der Waals surface area contributed by atoms with Crippen molar-refractivity contribution in [2.75, 3.05) is 26.4 Å². The number of hydrogen-bond acceptors (Lipinski definition) is 6. The van der Waals surface area contributed by atoms with Crippen molar-refractivity contribution in [3.8, 4) is 0 Å². The van der Waals surface area contributed by atoms with Gasteiger partial charge in [-0.3, -0.25) is 0 Å². The van der Waals surface area contributed by atoms with Crippen LogP contribution in [-0.4, -0.2) is 67.0 Å². The van der Waals surface area contributed by atoms with E-state index in [2.05, 4.69) is 5.32 Å². The summed E-state index contributed by atoms with van der Waals surface area (Å²) in [5, 5.41) is 20.0. The molecule has 2 rings (SSSR count). The minimum atomic E-state index is -1.32. The lowest BCUT2D eigenvalue weighted by atomic mass is 9.91. The topological polar surface area (TPSA) is 114 Å². The molecule has 0 aromatic heterocycles. The van der Waals surface area contributed by atoms with Crippen molar-refractivity contribution >= 4 is 12.1 Å². The maximum absolute atomic E-state index is 12.3. The summed E-state index contributed by atoms with van der Waals surface area (Å²) >= 11 is 0. The molecule has 8 heteroatoms. The number of amides is 1. The number of hydrogen-bond donors (Lipinski definition) is 3. The smallest absolute Gasteiger partial charge is 0.405 e. The summed E-state index contributed by atoms with van der Waals surface area (Å²) in [7, 11) is 0. The molecule has 0 saturated carbocycles. The highest BCUT2D eigenvalue weighted by molar-refractivity contribution is 5.81. The number of nitrogens with one attached hydrogen (secondary N) is 1. The summed E-state index contributed by atoms with van der Waals surface area (Å²) in [4.78, 5) is 23.2. The normalized spacial score (nSPS) is 26.4. The Kier molecular flexibility index (Phi) is 8.50. The van der Waals surface area contributed by atoms with Gasteiger partial charge in [0.05, 0.1) is 19.3 Å². The predicted octanol–water partition coefficient (Wildman–Crippen LogP) is 1.21. The number of carboxylic acid groups (broad SMARTS) is 1. The molecule has 0 spiro atoms. The lowest BCUT2D eigenvalue weighted by Crippen LogP contribution is -2.46. The van der Waals surface area contributed by atoms with Gasteiger partial charge >= 0.3 is 12.1 Å². The Hall–Kier alpha value is -2.16. The number of aliphatic hydroxyl groups is 1. The zero-order valence-electron chi connectivity index (χ0n) is 15.4. The van der Waals surface area contributed by atoms with Crippen LogP contribution in [0.1, 0.15) is 18.9 Å². The van der Waals surface area contributed by atoms with E-state index >= 15 is 0 Å². The molecule has 0 unspecified atom stereocenters. The lowest BCUT2D eigenvalue weighted by molar-refractivity contribution is -0.160. The summed E-state index contributed by atoms with van der Waals surface area (Å²) < 4.78 is 17.0. The summed E-state index contributed by atoms with van der Waals surface area (Å²) in [5.41, 5.74) is 1.10. The van der Waals surface area contributed by atoms with E-state index in [0.717, 1.165) is 5.56 Å². The SMILES string of the molecule is C[C@@H]1OC(=O)[C@@H](NC(=O)O)COC[C@H](Cc2ccccc2)[C@H]1OCCCO. The molecule has 150 valence electrons. The number of carbonyl (C=O) groups excluding carboxylic acids is 1. The average Bonchev–Trinajstić information content (AvgIpc) is 2.68. The average molecular weight is 381 g/mol. The van der Waals surface area contributed by atoms with Crippen molar-refractivity contribution < 1.29 is 34.0 Å². The van der Waals surface area contributed by atoms with E-state index in [-0.39, 0.29) is 25.7 Å². The zero-order chi connectivity index (χ0) is 19.6. The molecule has 8 nitrogen and oxygen atoms in total. The quantitative estimate of drug-likeness (QED) is 0.480. The second kappa shape index (κ2) is 10.9. The molecule has 1 fully saturated rings. The van der Waals surface area contributed by atoms with Gasteiger partial charge in [-0.15, -0.1) is 0 Å². The largest absolute Gasteiger partial charge is 0.465 e. The van der Waals surface area contributed by atoms with Crippen LogP contribution in [0.4, 0.5) is 4.79 Å². The van der Waals surface area contributed by atoms with Crippen LogP contribution >= 0.6 is 0 Å². The van der Waals surface area contributed by atoms with E-state index < -0.39 is 30.3 Å². The lowest BCUT2D eigenvalue weighted by Gasteiger charge is -2.30. The van der Waals surface area contributed by atoms with Gasteiger partial charge in [0.1, 0.15) is 6.10 Å². The third-order valence-electron chi connectivity index (χ3n) is 4.38. The molecule has 1 aliphatic heterocycles. The third kappa shape index (κ3) is 6.82. The van der Waals surface area contributed by atoms with E-state index in [1.807, 2.05) is 30.3 Å². The second-order valence-corrected chi connectivity index (χ2v) is 6.54. The van der Waals surface area contributed by atoms with E-state index in [1.54, 1.807) is 6.92 Å². The fourth-order valence-electron chi connectivity index (χ4n) is 3.11. The molecule has 27 heavy (non-hydrogen) atoms. The first-order valence-electron chi connectivity index (χ1n) is 9.05. The summed E-state index contributed by atoms with van der Waals surface area (Å²) in [6.45, 7) is 2.24. The first-order chi connectivity index (χ1) is 13.0. The highest BCUT2D eigenvalue weighted by Crippen LogP contribution is 2.22. The third-order valence-corrected chi connectivity index (χ3v) is 4.38. The van der Waals surface area contributed by atoms with Crippen molar-refractivity contribution in [3.05, 3.63) is 35.9 Å². The number of ether oxygens (including phenoxy) is 3. The molecule has 1 aromatic rings.